The normalized spacial score (nSPS) is 12.4. The molecule has 3 rings (SSSR count). The number of anilines is 1. The Labute approximate surface area is 183 Å². The van der Waals surface area contributed by atoms with E-state index >= 15 is 0 Å². The molecule has 0 radical (unpaired) electrons. The van der Waals surface area contributed by atoms with Crippen LogP contribution >= 0.6 is 0 Å². The minimum absolute atomic E-state index is 0.182. The molecule has 3 aromatic rings. The highest BCUT2D eigenvalue weighted by Gasteiger charge is 2.38. The molecule has 162 valence electrons. The molecule has 0 saturated carbocycles. The van der Waals surface area contributed by atoms with E-state index < -0.39 is 39.9 Å². The topological polar surface area (TPSA) is 132 Å². The summed E-state index contributed by atoms with van der Waals surface area (Å²) in [5.41, 5.74) is 1.02. The molecule has 0 aromatic heterocycles. The van der Waals surface area contributed by atoms with Crippen molar-refractivity contribution in [3.63, 3.8) is 0 Å². The minimum Gasteiger partial charge on any atom is -0.319 e. The molecule has 9 nitrogen and oxygen atoms in total. The van der Waals surface area contributed by atoms with E-state index in [-0.39, 0.29) is 5.69 Å². The molecule has 0 spiro atoms. The van der Waals surface area contributed by atoms with Gasteiger partial charge < -0.3 is 5.32 Å². The summed E-state index contributed by atoms with van der Waals surface area (Å²) < 4.78 is 0. The van der Waals surface area contributed by atoms with Gasteiger partial charge in [-0.15, -0.1) is 0 Å². The first-order chi connectivity index (χ1) is 15.4. The van der Waals surface area contributed by atoms with Gasteiger partial charge >= 0.3 is 0 Å². The van der Waals surface area contributed by atoms with Crippen LogP contribution in [0.25, 0.3) is 0 Å². The quantitative estimate of drug-likeness (QED) is 0.309. The van der Waals surface area contributed by atoms with Gasteiger partial charge in [0.1, 0.15) is 0 Å². The van der Waals surface area contributed by atoms with Crippen molar-refractivity contribution in [2.75, 3.05) is 11.9 Å². The van der Waals surface area contributed by atoms with Crippen LogP contribution in [-0.4, -0.2) is 28.1 Å². The smallest absolute Gasteiger partial charge is 0.292 e. The first kappa shape index (κ1) is 22.3. The predicted molar refractivity (Wildman–Crippen MR) is 117 cm³/mol. The molecule has 0 unspecified atom stereocenters. The lowest BCUT2D eigenvalue weighted by molar-refractivity contribution is -0.483. The number of nitro groups is 2. The van der Waals surface area contributed by atoms with Crippen molar-refractivity contribution in [3.8, 4) is 0 Å². The van der Waals surface area contributed by atoms with Crippen LogP contribution in [0.15, 0.2) is 84.9 Å². The lowest BCUT2D eigenvalue weighted by Gasteiger charge is -2.24. The van der Waals surface area contributed by atoms with Gasteiger partial charge in [-0.3, -0.25) is 29.8 Å². The number of carbonyl (C=O) groups excluding carboxylic acids is 2. The van der Waals surface area contributed by atoms with Crippen molar-refractivity contribution >= 4 is 23.1 Å². The van der Waals surface area contributed by atoms with Gasteiger partial charge in [-0.1, -0.05) is 60.7 Å². The molecule has 3 aromatic carbocycles. The van der Waals surface area contributed by atoms with Gasteiger partial charge in [0.05, 0.1) is 16.8 Å². The molecule has 2 atom stereocenters. The molecule has 1 N–H and O–H groups in total. The number of rotatable bonds is 9. The number of carbonyl (C=O) groups is 2. The van der Waals surface area contributed by atoms with Gasteiger partial charge in [0.25, 0.3) is 11.6 Å². The Morgan fingerprint density at radius 1 is 0.781 bits per heavy atom. The van der Waals surface area contributed by atoms with Crippen molar-refractivity contribution in [2.24, 2.45) is 0 Å². The van der Waals surface area contributed by atoms with E-state index in [1.807, 2.05) is 0 Å². The molecule has 1 amide bonds. The maximum atomic E-state index is 13.3. The van der Waals surface area contributed by atoms with E-state index in [0.29, 0.717) is 16.8 Å². The van der Waals surface area contributed by atoms with Crippen molar-refractivity contribution < 1.29 is 19.4 Å². The molecule has 0 saturated heterocycles. The van der Waals surface area contributed by atoms with Gasteiger partial charge in [0, 0.05) is 22.7 Å². The third kappa shape index (κ3) is 5.39. The van der Waals surface area contributed by atoms with Crippen molar-refractivity contribution in [2.45, 2.75) is 11.8 Å². The molecule has 9 heteroatoms. The number of para-hydroxylation sites is 1. The highest BCUT2D eigenvalue weighted by molar-refractivity contribution is 6.42. The monoisotopic (exact) mass is 433 g/mol. The fourth-order valence-corrected chi connectivity index (χ4v) is 3.49. The molecule has 0 aliphatic rings. The van der Waals surface area contributed by atoms with Crippen LogP contribution in [0.1, 0.15) is 23.0 Å². The number of hydrogen-bond acceptors (Lipinski definition) is 6. The number of nitrogens with one attached hydrogen (secondary N) is 1. The van der Waals surface area contributed by atoms with Crippen LogP contribution < -0.4 is 5.32 Å². The summed E-state index contributed by atoms with van der Waals surface area (Å²) in [6.45, 7) is -0.637. The number of amides is 1. The second kappa shape index (κ2) is 10.1. The molecular weight excluding hydrogens is 414 g/mol. The highest BCUT2D eigenvalue weighted by Crippen LogP contribution is 2.35. The number of non-ortho nitro benzene ring substituents is 1. The van der Waals surface area contributed by atoms with E-state index in [1.54, 1.807) is 60.7 Å². The Bertz CT molecular complexity index is 1120. The van der Waals surface area contributed by atoms with E-state index in [0.717, 1.165) is 0 Å². The standard InChI is InChI=1S/C23H19N3O6/c27-22(23(28)24-18-9-5-2-6-10-18)21(17-7-3-1-4-8-17)20(15-25(29)30)16-11-13-19(14-12-16)26(31)32/h1-14,20-21H,15H2,(H,24,28)/t20-,21-/m0/s1. The second-order valence-electron chi connectivity index (χ2n) is 7.04. The average Bonchev–Trinajstić information content (AvgIpc) is 2.79. The zero-order valence-electron chi connectivity index (χ0n) is 16.8. The van der Waals surface area contributed by atoms with Crippen molar-refractivity contribution in [1.29, 1.82) is 0 Å². The number of nitro benzene ring substituents is 1. The third-order valence-electron chi connectivity index (χ3n) is 4.98. The first-order valence-corrected chi connectivity index (χ1v) is 9.68. The number of nitrogens with zero attached hydrogens (tertiary/aromatic N) is 2. The molecular formula is C23H19N3O6. The SMILES string of the molecule is O=C(Nc1ccccc1)C(=O)[C@@H](c1ccccc1)[C@@H](C[N+](=O)[O-])c1ccc([N+](=O)[O-])cc1. The molecule has 32 heavy (non-hydrogen) atoms. The van der Waals surface area contributed by atoms with Crippen molar-refractivity contribution in [3.05, 3.63) is 116 Å². The lowest BCUT2D eigenvalue weighted by Crippen LogP contribution is -2.34. The van der Waals surface area contributed by atoms with E-state index in [1.165, 1.54) is 24.3 Å². The van der Waals surface area contributed by atoms with Crippen molar-refractivity contribution in [1.82, 2.24) is 0 Å². The summed E-state index contributed by atoms with van der Waals surface area (Å²) in [6, 6.07) is 21.9. The zero-order chi connectivity index (χ0) is 23.1. The summed E-state index contributed by atoms with van der Waals surface area (Å²) in [7, 11) is 0. The van der Waals surface area contributed by atoms with Gasteiger partial charge in [0.15, 0.2) is 0 Å². The van der Waals surface area contributed by atoms with Crippen LogP contribution in [0.5, 0.6) is 0 Å². The summed E-state index contributed by atoms with van der Waals surface area (Å²) >= 11 is 0. The Balaban J connectivity index is 2.02. The Hall–Kier alpha value is -4.40. The molecule has 0 heterocycles. The second-order valence-corrected chi connectivity index (χ2v) is 7.04. The zero-order valence-corrected chi connectivity index (χ0v) is 16.8. The van der Waals surface area contributed by atoms with Gasteiger partial charge in [-0.2, -0.15) is 0 Å². The highest BCUT2D eigenvalue weighted by atomic mass is 16.6. The molecule has 0 aliphatic heterocycles. The van der Waals surface area contributed by atoms with Crippen LogP contribution in [0.4, 0.5) is 11.4 Å². The third-order valence-corrected chi connectivity index (χ3v) is 4.98. The molecule has 0 fully saturated rings. The number of ketones is 1. The maximum absolute atomic E-state index is 13.3. The minimum atomic E-state index is -1.16. The Morgan fingerprint density at radius 2 is 1.34 bits per heavy atom. The van der Waals surface area contributed by atoms with E-state index in [9.17, 15) is 29.8 Å². The van der Waals surface area contributed by atoms with Gasteiger partial charge in [0.2, 0.25) is 12.3 Å². The van der Waals surface area contributed by atoms with Crippen LogP contribution in [0, 0.1) is 20.2 Å². The van der Waals surface area contributed by atoms with Gasteiger partial charge in [-0.25, -0.2) is 0 Å². The van der Waals surface area contributed by atoms with Crippen LogP contribution in [0.2, 0.25) is 0 Å². The van der Waals surface area contributed by atoms with Crippen LogP contribution in [0.3, 0.4) is 0 Å². The first-order valence-electron chi connectivity index (χ1n) is 9.68. The van der Waals surface area contributed by atoms with E-state index in [2.05, 4.69) is 5.32 Å². The van der Waals surface area contributed by atoms with E-state index in [4.69, 9.17) is 0 Å². The number of benzene rings is 3. The number of Topliss-reactive ketones (excluding diaryl/α,β-unsaturated/α-hetero) is 1. The fourth-order valence-electron chi connectivity index (χ4n) is 3.49. The Kier molecular flexibility index (Phi) is 7.02. The fraction of sp³-hybridized carbons (Fsp3) is 0.130. The maximum Gasteiger partial charge on any atom is 0.292 e. The lowest BCUT2D eigenvalue weighted by atomic mass is 9.78. The van der Waals surface area contributed by atoms with Gasteiger partial charge in [-0.05, 0) is 23.3 Å². The summed E-state index contributed by atoms with van der Waals surface area (Å²) in [6.07, 6.45) is 0. The predicted octanol–water partition coefficient (Wildman–Crippen LogP) is 3.95. The van der Waals surface area contributed by atoms with Crippen LogP contribution in [-0.2, 0) is 9.59 Å². The largest absolute Gasteiger partial charge is 0.319 e. The average molecular weight is 433 g/mol. The number of hydrogen-bond donors (Lipinski definition) is 1. The summed E-state index contributed by atoms with van der Waals surface area (Å²) in [5.74, 6) is -3.92. The summed E-state index contributed by atoms with van der Waals surface area (Å²) in [5, 5.41) is 25.0. The Morgan fingerprint density at radius 3 is 1.88 bits per heavy atom. The molecule has 0 bridgehead atoms. The summed E-state index contributed by atoms with van der Waals surface area (Å²) in [4.78, 5) is 47.3. The molecule has 0 aliphatic carbocycles.